The highest BCUT2D eigenvalue weighted by Crippen LogP contribution is 2.56. The van der Waals surface area contributed by atoms with Crippen molar-refractivity contribution in [3.8, 4) is 163 Å². The highest BCUT2D eigenvalue weighted by Gasteiger charge is 2.44. The van der Waals surface area contributed by atoms with Crippen molar-refractivity contribution in [1.29, 1.82) is 0 Å². The van der Waals surface area contributed by atoms with Crippen LogP contribution in [0.3, 0.4) is 0 Å². The topological polar surface area (TPSA) is 134 Å². The predicted molar refractivity (Wildman–Crippen MR) is 566 cm³/mol. The van der Waals surface area contributed by atoms with E-state index < -0.39 is 0 Å². The molecule has 0 saturated heterocycles. The standard InChI is InChI=1S/C42H30N4.C42H29N3O.C42H29N3S/c1-42(2)34-17-6-3-16-33(34)40-38(42)39(28-23-21-27(22-24-28)35-18-9-10-25-43-35)44-41(45-40)29-12-11-13-30(26-29)46-36-19-7-4-14-31(36)32-15-5-8-20-37(32)46;2*1-42(2)34-17-5-3-14-33(34)39-37(42)38(27-22-20-26(21-23-27)35-18-7-8-24-43-35)44-41(45-39)29-12-9-11-28(25-29)30-15-10-16-32-31-13-4-6-19-36(31)46-40(30)32/h3-26H,1-2H3;2*3-25H,1-2H3. The van der Waals surface area contributed by atoms with Gasteiger partial charge in [-0.3, -0.25) is 15.0 Å². The summed E-state index contributed by atoms with van der Waals surface area (Å²) in [6, 6.07) is 143. The van der Waals surface area contributed by atoms with Crippen LogP contribution in [0.5, 0.6) is 0 Å². The van der Waals surface area contributed by atoms with Crippen LogP contribution in [0.2, 0.25) is 0 Å². The molecule has 27 rings (SSSR count). The predicted octanol–water partition coefficient (Wildman–Crippen LogP) is 32.2. The number of benzene rings is 15. The van der Waals surface area contributed by atoms with Gasteiger partial charge < -0.3 is 8.98 Å². The lowest BCUT2D eigenvalue weighted by atomic mass is 9.80. The van der Waals surface area contributed by atoms with Gasteiger partial charge in [-0.15, -0.1) is 11.3 Å². The van der Waals surface area contributed by atoms with E-state index in [0.717, 1.165) is 157 Å². The molecular formula is C126H88N10OS. The molecule has 0 N–H and O–H groups in total. The highest BCUT2D eigenvalue weighted by molar-refractivity contribution is 7.26. The van der Waals surface area contributed by atoms with Crippen LogP contribution in [0.25, 0.3) is 227 Å². The van der Waals surface area contributed by atoms with E-state index in [1.54, 1.807) is 0 Å². The zero-order valence-electron chi connectivity index (χ0n) is 76.7. The Morgan fingerprint density at radius 1 is 0.239 bits per heavy atom. The Bertz CT molecular complexity index is 8560. The third kappa shape index (κ3) is 14.0. The molecule has 0 spiro atoms. The number of nitrogens with zero attached hydrogens (tertiary/aromatic N) is 10. The van der Waals surface area contributed by atoms with E-state index >= 15 is 0 Å². The first-order valence-corrected chi connectivity index (χ1v) is 47.8. The summed E-state index contributed by atoms with van der Waals surface area (Å²) in [6.45, 7) is 13.7. The van der Waals surface area contributed by atoms with Crippen LogP contribution in [0, 0.1) is 0 Å². The molecule has 9 aromatic heterocycles. The van der Waals surface area contributed by atoms with Crippen LogP contribution in [-0.4, -0.2) is 49.4 Å². The largest absolute Gasteiger partial charge is 0.455 e. The van der Waals surface area contributed by atoms with Gasteiger partial charge in [-0.1, -0.05) is 363 Å². The van der Waals surface area contributed by atoms with Gasteiger partial charge in [0.1, 0.15) is 11.2 Å². The number of para-hydroxylation sites is 4. The summed E-state index contributed by atoms with van der Waals surface area (Å²) in [6.07, 6.45) is 5.50. The molecule has 11 nitrogen and oxygen atoms in total. The summed E-state index contributed by atoms with van der Waals surface area (Å²) in [7, 11) is 0. The summed E-state index contributed by atoms with van der Waals surface area (Å²) in [4.78, 5) is 45.7. The van der Waals surface area contributed by atoms with Crippen LogP contribution in [-0.2, 0) is 16.2 Å². The number of fused-ring (bicyclic) bond motifs is 18. The van der Waals surface area contributed by atoms with Gasteiger partial charge in [0.2, 0.25) is 0 Å². The molecular weight excluding hydrogens is 1700 g/mol. The van der Waals surface area contributed by atoms with Crippen molar-refractivity contribution in [2.24, 2.45) is 0 Å². The van der Waals surface area contributed by atoms with Gasteiger partial charge in [-0.05, 0) is 118 Å². The van der Waals surface area contributed by atoms with Gasteiger partial charge in [0.05, 0.1) is 62.3 Å². The zero-order chi connectivity index (χ0) is 92.5. The molecule has 0 unspecified atom stereocenters. The molecule has 138 heavy (non-hydrogen) atoms. The van der Waals surface area contributed by atoms with Gasteiger partial charge in [0, 0.05) is 171 Å². The Hall–Kier alpha value is -17.2. The fraction of sp³-hybridized carbons (Fsp3) is 0.0714. The molecule has 3 aliphatic carbocycles. The fourth-order valence-electron chi connectivity index (χ4n) is 21.4. The molecule has 9 heterocycles. The van der Waals surface area contributed by atoms with Crippen LogP contribution in [0.1, 0.15) is 74.9 Å². The van der Waals surface area contributed by atoms with Crippen LogP contribution < -0.4 is 0 Å². The van der Waals surface area contributed by atoms with Gasteiger partial charge in [0.25, 0.3) is 0 Å². The Balaban J connectivity index is 0.000000110. The molecule has 3 aliphatic rings. The number of pyridine rings is 3. The molecule has 24 aromatic rings. The number of hydrogen-bond acceptors (Lipinski definition) is 11. The number of thiophene rings is 1. The van der Waals surface area contributed by atoms with Gasteiger partial charge in [0.15, 0.2) is 17.5 Å². The van der Waals surface area contributed by atoms with Crippen molar-refractivity contribution in [1.82, 2.24) is 49.4 Å². The number of furan rings is 1. The van der Waals surface area contributed by atoms with E-state index in [2.05, 4.69) is 401 Å². The summed E-state index contributed by atoms with van der Waals surface area (Å²) in [5, 5.41) is 7.33. The second-order valence-electron chi connectivity index (χ2n) is 37.4. The molecule has 15 aromatic carbocycles. The van der Waals surface area contributed by atoms with Crippen LogP contribution >= 0.6 is 11.3 Å². The van der Waals surface area contributed by atoms with Gasteiger partial charge in [-0.2, -0.15) is 0 Å². The second-order valence-corrected chi connectivity index (χ2v) is 38.4. The summed E-state index contributed by atoms with van der Waals surface area (Å²) in [5.41, 5.74) is 38.1. The fourth-order valence-corrected chi connectivity index (χ4v) is 22.7. The van der Waals surface area contributed by atoms with Gasteiger partial charge in [-0.25, -0.2) is 29.9 Å². The van der Waals surface area contributed by atoms with Crippen molar-refractivity contribution in [2.75, 3.05) is 0 Å². The molecule has 0 bridgehead atoms. The van der Waals surface area contributed by atoms with Gasteiger partial charge >= 0.3 is 0 Å². The third-order valence-electron chi connectivity index (χ3n) is 28.1. The molecule has 0 atom stereocenters. The first-order chi connectivity index (χ1) is 67.7. The van der Waals surface area contributed by atoms with E-state index in [9.17, 15) is 0 Å². The van der Waals surface area contributed by atoms with Crippen molar-refractivity contribution < 1.29 is 4.42 Å². The molecule has 0 aliphatic heterocycles. The SMILES string of the molecule is CC1(C)c2ccccc2-c2nc(-c3cccc(-c4cccc5c4oc4ccccc45)c3)nc(-c3ccc(-c4ccccn4)cc3)c21.CC1(C)c2ccccc2-c2nc(-c3cccc(-c4cccc5c4sc4ccccc45)c3)nc(-c3ccc(-c4ccccn4)cc3)c21.CC1(C)c2ccccc2-c2nc(-c3cccc(-n4c5ccccc5c5ccccc54)c3)nc(-c3ccc(-c4ccccn4)cc3)c21. The molecule has 0 saturated carbocycles. The summed E-state index contributed by atoms with van der Waals surface area (Å²) in [5.74, 6) is 2.16. The zero-order valence-corrected chi connectivity index (χ0v) is 77.5. The quantitative estimate of drug-likeness (QED) is 0.116. The Morgan fingerprint density at radius 3 is 1.03 bits per heavy atom. The first-order valence-electron chi connectivity index (χ1n) is 46.9. The molecule has 0 amide bonds. The summed E-state index contributed by atoms with van der Waals surface area (Å²) < 4.78 is 11.3. The second kappa shape index (κ2) is 33.2. The van der Waals surface area contributed by atoms with Crippen molar-refractivity contribution in [3.63, 3.8) is 0 Å². The van der Waals surface area contributed by atoms with E-state index in [-0.39, 0.29) is 16.2 Å². The van der Waals surface area contributed by atoms with Crippen LogP contribution in [0.15, 0.2) is 429 Å². The Morgan fingerprint density at radius 2 is 0.572 bits per heavy atom. The van der Waals surface area contributed by atoms with Crippen molar-refractivity contribution in [3.05, 3.63) is 458 Å². The summed E-state index contributed by atoms with van der Waals surface area (Å²) >= 11 is 1.86. The lowest BCUT2D eigenvalue weighted by Crippen LogP contribution is -2.17. The minimum atomic E-state index is -0.252. The average molecular weight is 1790 g/mol. The van der Waals surface area contributed by atoms with E-state index in [4.69, 9.17) is 34.3 Å². The third-order valence-corrected chi connectivity index (χ3v) is 29.4. The monoisotopic (exact) mass is 1790 g/mol. The lowest BCUT2D eigenvalue weighted by molar-refractivity contribution is 0.657. The number of aromatic nitrogens is 10. The average Bonchev–Trinajstić information content (AvgIpc) is 1.56. The molecule has 654 valence electrons. The van der Waals surface area contributed by atoms with E-state index in [0.29, 0.717) is 5.82 Å². The van der Waals surface area contributed by atoms with Crippen LogP contribution in [0.4, 0.5) is 0 Å². The molecule has 12 heteroatoms. The maximum Gasteiger partial charge on any atom is 0.160 e. The molecule has 0 fully saturated rings. The lowest BCUT2D eigenvalue weighted by Gasteiger charge is -2.24. The molecule has 0 radical (unpaired) electrons. The van der Waals surface area contributed by atoms with E-state index in [1.165, 1.54) is 97.6 Å². The maximum absolute atomic E-state index is 6.39. The van der Waals surface area contributed by atoms with Crippen molar-refractivity contribution >= 4 is 75.3 Å². The smallest absolute Gasteiger partial charge is 0.160 e. The number of hydrogen-bond donors (Lipinski definition) is 0. The normalized spacial score (nSPS) is 13.2. The minimum absolute atomic E-state index is 0.238. The maximum atomic E-state index is 6.39. The van der Waals surface area contributed by atoms with E-state index in [1.807, 2.05) is 96.7 Å². The number of rotatable bonds is 12. The highest BCUT2D eigenvalue weighted by atomic mass is 32.1. The Labute approximate surface area is 803 Å². The minimum Gasteiger partial charge on any atom is -0.455 e. The van der Waals surface area contributed by atoms with Crippen molar-refractivity contribution in [2.45, 2.75) is 57.8 Å². The first kappa shape index (κ1) is 82.7. The Kier molecular flexibility index (Phi) is 19.9.